The molecule has 0 aliphatic rings. The topological polar surface area (TPSA) is 53.2 Å². The van der Waals surface area contributed by atoms with E-state index in [0.29, 0.717) is 12.1 Å². The van der Waals surface area contributed by atoms with Gasteiger partial charge >= 0.3 is 0 Å². The van der Waals surface area contributed by atoms with Gasteiger partial charge in [-0.3, -0.25) is 9.59 Å². The number of amides is 1. The van der Waals surface area contributed by atoms with Crippen molar-refractivity contribution in [1.82, 2.24) is 9.88 Å². The number of hydrogen-bond donors (Lipinski definition) is 1. The van der Waals surface area contributed by atoms with Gasteiger partial charge < -0.3 is 9.88 Å². The molecule has 0 bridgehead atoms. The molecule has 1 amide bonds. The second-order valence-electron chi connectivity index (χ2n) is 5.51. The quantitative estimate of drug-likeness (QED) is 0.800. The molecular formula is C19H17FN2O2. The zero-order chi connectivity index (χ0) is 17.1. The number of halogens is 1. The third-order valence-electron chi connectivity index (χ3n) is 3.96. The summed E-state index contributed by atoms with van der Waals surface area (Å²) in [6.07, 6.45) is 0. The maximum absolute atomic E-state index is 13.8. The van der Waals surface area contributed by atoms with Crippen LogP contribution in [0.5, 0.6) is 0 Å². The minimum Gasteiger partial charge on any atom is -0.334 e. The Hall–Kier alpha value is -2.95. The number of rotatable bonds is 4. The predicted molar refractivity (Wildman–Crippen MR) is 91.4 cm³/mol. The average Bonchev–Trinajstić information content (AvgIpc) is 2.59. The molecule has 5 heteroatoms. The fraction of sp³-hybridized carbons (Fsp3) is 0.158. The first kappa shape index (κ1) is 15.9. The number of aromatic amines is 1. The molecule has 0 aliphatic heterocycles. The van der Waals surface area contributed by atoms with Gasteiger partial charge in [0.15, 0.2) is 0 Å². The van der Waals surface area contributed by atoms with Crippen LogP contribution in [-0.2, 0) is 6.54 Å². The van der Waals surface area contributed by atoms with E-state index in [9.17, 15) is 14.0 Å². The van der Waals surface area contributed by atoms with Crippen LogP contribution in [0.2, 0.25) is 0 Å². The lowest BCUT2D eigenvalue weighted by Gasteiger charge is -2.21. The molecule has 3 aromatic rings. The molecule has 3 rings (SSSR count). The molecule has 0 spiro atoms. The fourth-order valence-electron chi connectivity index (χ4n) is 2.65. The highest BCUT2D eigenvalue weighted by atomic mass is 19.1. The summed E-state index contributed by atoms with van der Waals surface area (Å²) in [7, 11) is 0. The zero-order valence-electron chi connectivity index (χ0n) is 13.3. The predicted octanol–water partition coefficient (Wildman–Crippen LogP) is 3.33. The fourth-order valence-corrected chi connectivity index (χ4v) is 2.65. The number of carbonyl (C=O) groups is 1. The molecule has 0 fully saturated rings. The number of carbonyl (C=O) groups excluding carboxylic acids is 1. The van der Waals surface area contributed by atoms with Crippen LogP contribution >= 0.6 is 0 Å². The monoisotopic (exact) mass is 324 g/mol. The van der Waals surface area contributed by atoms with E-state index in [2.05, 4.69) is 4.98 Å². The normalized spacial score (nSPS) is 10.8. The molecule has 0 aliphatic carbocycles. The molecule has 0 saturated heterocycles. The molecule has 4 nitrogen and oxygen atoms in total. The van der Waals surface area contributed by atoms with E-state index in [1.165, 1.54) is 23.1 Å². The number of nitrogens with zero attached hydrogens (tertiary/aromatic N) is 1. The Labute approximate surface area is 138 Å². The number of aromatic nitrogens is 1. The Kier molecular flexibility index (Phi) is 4.42. The first-order valence-electron chi connectivity index (χ1n) is 7.75. The highest BCUT2D eigenvalue weighted by Crippen LogP contribution is 2.14. The highest BCUT2D eigenvalue weighted by Gasteiger charge is 2.19. The molecule has 1 N–H and O–H groups in total. The molecule has 24 heavy (non-hydrogen) atoms. The standard InChI is InChI=1S/C19H17FN2O2/c1-2-22(19(24)15-8-4-5-9-16(15)20)12-14-11-13-7-3-6-10-17(13)21-18(14)23/h3-11H,2,12H2,1H3,(H,21,23). The number of fused-ring (bicyclic) bond motifs is 1. The summed E-state index contributed by atoms with van der Waals surface area (Å²) < 4.78 is 13.8. The van der Waals surface area contributed by atoms with Crippen molar-refractivity contribution in [3.8, 4) is 0 Å². The lowest BCUT2D eigenvalue weighted by molar-refractivity contribution is 0.0747. The number of benzene rings is 2. The first-order valence-corrected chi connectivity index (χ1v) is 7.75. The van der Waals surface area contributed by atoms with Gasteiger partial charge in [-0.25, -0.2) is 4.39 Å². The molecular weight excluding hydrogens is 307 g/mol. The van der Waals surface area contributed by atoms with Crippen LogP contribution in [0.4, 0.5) is 4.39 Å². The summed E-state index contributed by atoms with van der Waals surface area (Å²) >= 11 is 0. The summed E-state index contributed by atoms with van der Waals surface area (Å²) in [5, 5.41) is 0.890. The molecule has 122 valence electrons. The van der Waals surface area contributed by atoms with E-state index in [4.69, 9.17) is 0 Å². The van der Waals surface area contributed by atoms with Crippen molar-refractivity contribution in [3.05, 3.63) is 81.9 Å². The molecule has 0 unspecified atom stereocenters. The van der Waals surface area contributed by atoms with Crippen LogP contribution in [0.3, 0.4) is 0 Å². The zero-order valence-corrected chi connectivity index (χ0v) is 13.3. The molecule has 1 aromatic heterocycles. The minimum atomic E-state index is -0.562. The van der Waals surface area contributed by atoms with E-state index in [-0.39, 0.29) is 17.7 Å². The summed E-state index contributed by atoms with van der Waals surface area (Å²) in [6.45, 7) is 2.30. The van der Waals surface area contributed by atoms with E-state index in [1.54, 1.807) is 19.1 Å². The van der Waals surface area contributed by atoms with Gasteiger partial charge in [0, 0.05) is 17.6 Å². The number of para-hydroxylation sites is 1. The van der Waals surface area contributed by atoms with Crippen molar-refractivity contribution >= 4 is 16.8 Å². The van der Waals surface area contributed by atoms with Crippen molar-refractivity contribution in [2.24, 2.45) is 0 Å². The number of hydrogen-bond acceptors (Lipinski definition) is 2. The second kappa shape index (κ2) is 6.66. The lowest BCUT2D eigenvalue weighted by Crippen LogP contribution is -2.33. The largest absolute Gasteiger partial charge is 0.334 e. The summed E-state index contributed by atoms with van der Waals surface area (Å²) in [4.78, 5) is 29.1. The van der Waals surface area contributed by atoms with Crippen LogP contribution in [0.15, 0.2) is 59.4 Å². The summed E-state index contributed by atoms with van der Waals surface area (Å²) in [6, 6.07) is 15.1. The van der Waals surface area contributed by atoms with Gasteiger partial charge in [0.05, 0.1) is 12.1 Å². The van der Waals surface area contributed by atoms with E-state index < -0.39 is 11.7 Å². The van der Waals surface area contributed by atoms with Crippen molar-refractivity contribution in [1.29, 1.82) is 0 Å². The van der Waals surface area contributed by atoms with Gasteiger partial charge in [-0.05, 0) is 36.6 Å². The average molecular weight is 324 g/mol. The SMILES string of the molecule is CCN(Cc1cc2ccccc2[nH]c1=O)C(=O)c1ccccc1F. The van der Waals surface area contributed by atoms with Gasteiger partial charge in [-0.1, -0.05) is 30.3 Å². The summed E-state index contributed by atoms with van der Waals surface area (Å²) in [5.74, 6) is -0.989. The van der Waals surface area contributed by atoms with Crippen LogP contribution in [-0.4, -0.2) is 22.3 Å². The maximum Gasteiger partial charge on any atom is 0.257 e. The van der Waals surface area contributed by atoms with Crippen LogP contribution in [0.1, 0.15) is 22.8 Å². The Morgan fingerprint density at radius 3 is 2.58 bits per heavy atom. The third kappa shape index (κ3) is 3.06. The van der Waals surface area contributed by atoms with Crippen molar-refractivity contribution < 1.29 is 9.18 Å². The Morgan fingerprint density at radius 2 is 1.83 bits per heavy atom. The molecule has 1 heterocycles. The molecule has 0 saturated carbocycles. The third-order valence-corrected chi connectivity index (χ3v) is 3.96. The van der Waals surface area contributed by atoms with Crippen LogP contribution in [0.25, 0.3) is 10.9 Å². The maximum atomic E-state index is 13.8. The van der Waals surface area contributed by atoms with E-state index in [0.717, 1.165) is 10.9 Å². The van der Waals surface area contributed by atoms with E-state index in [1.807, 2.05) is 24.3 Å². The first-order chi connectivity index (χ1) is 11.6. The smallest absolute Gasteiger partial charge is 0.257 e. The van der Waals surface area contributed by atoms with Gasteiger partial charge in [-0.15, -0.1) is 0 Å². The lowest BCUT2D eigenvalue weighted by atomic mass is 10.1. The van der Waals surface area contributed by atoms with Crippen LogP contribution < -0.4 is 5.56 Å². The molecule has 0 radical (unpaired) electrons. The van der Waals surface area contributed by atoms with Gasteiger partial charge in [0.25, 0.3) is 11.5 Å². The highest BCUT2D eigenvalue weighted by molar-refractivity contribution is 5.94. The van der Waals surface area contributed by atoms with Crippen molar-refractivity contribution in [3.63, 3.8) is 0 Å². The van der Waals surface area contributed by atoms with Crippen molar-refractivity contribution in [2.75, 3.05) is 6.54 Å². The van der Waals surface area contributed by atoms with Crippen molar-refractivity contribution in [2.45, 2.75) is 13.5 Å². The number of H-pyrrole nitrogens is 1. The van der Waals surface area contributed by atoms with Gasteiger partial charge in [0.1, 0.15) is 5.82 Å². The Morgan fingerprint density at radius 1 is 1.12 bits per heavy atom. The van der Waals surface area contributed by atoms with Gasteiger partial charge in [0.2, 0.25) is 0 Å². The van der Waals surface area contributed by atoms with E-state index >= 15 is 0 Å². The minimum absolute atomic E-state index is 0.0107. The van der Waals surface area contributed by atoms with Gasteiger partial charge in [-0.2, -0.15) is 0 Å². The Bertz CT molecular complexity index is 949. The number of pyridine rings is 1. The molecule has 0 atom stereocenters. The Balaban J connectivity index is 1.93. The summed E-state index contributed by atoms with van der Waals surface area (Å²) in [5.41, 5.74) is 0.986. The van der Waals surface area contributed by atoms with Crippen LogP contribution in [0, 0.1) is 5.82 Å². The second-order valence-corrected chi connectivity index (χ2v) is 5.51. The number of nitrogens with one attached hydrogen (secondary N) is 1. The molecule has 2 aromatic carbocycles.